The quantitative estimate of drug-likeness (QED) is 0.623. The van der Waals surface area contributed by atoms with Crippen molar-refractivity contribution in [3.63, 3.8) is 0 Å². The molecule has 0 saturated carbocycles. The van der Waals surface area contributed by atoms with Gasteiger partial charge in [-0.3, -0.25) is 4.79 Å². The SMILES string of the molecule is CN(C)C(CNC(=O)CCc1ncc(-c2ccc(F)cc2)o1)c1cccc(F)c1. The van der Waals surface area contributed by atoms with Gasteiger partial charge in [-0.15, -0.1) is 0 Å². The number of hydrogen-bond donors (Lipinski definition) is 1. The molecule has 0 spiro atoms. The highest BCUT2D eigenvalue weighted by Gasteiger charge is 2.16. The van der Waals surface area contributed by atoms with Gasteiger partial charge >= 0.3 is 0 Å². The summed E-state index contributed by atoms with van der Waals surface area (Å²) in [5.74, 6) is 0.198. The van der Waals surface area contributed by atoms with Crippen LogP contribution in [0, 0.1) is 11.6 Å². The molecule has 152 valence electrons. The Morgan fingerprint density at radius 3 is 2.59 bits per heavy atom. The first-order chi connectivity index (χ1) is 13.9. The highest BCUT2D eigenvalue weighted by molar-refractivity contribution is 5.76. The van der Waals surface area contributed by atoms with Crippen molar-refractivity contribution < 1.29 is 18.0 Å². The highest BCUT2D eigenvalue weighted by atomic mass is 19.1. The number of hydrogen-bond acceptors (Lipinski definition) is 4. The lowest BCUT2D eigenvalue weighted by molar-refractivity contribution is -0.121. The number of nitrogens with one attached hydrogen (secondary N) is 1. The van der Waals surface area contributed by atoms with E-state index < -0.39 is 0 Å². The molecule has 0 aliphatic rings. The maximum atomic E-state index is 13.5. The van der Waals surface area contributed by atoms with Gasteiger partial charge in [0, 0.05) is 24.9 Å². The molecule has 1 aromatic heterocycles. The Bertz CT molecular complexity index is 955. The molecule has 5 nitrogen and oxygen atoms in total. The molecule has 7 heteroatoms. The van der Waals surface area contributed by atoms with Gasteiger partial charge in [0.1, 0.15) is 11.6 Å². The fourth-order valence-electron chi connectivity index (χ4n) is 3.01. The Morgan fingerprint density at radius 1 is 1.14 bits per heavy atom. The number of oxazole rings is 1. The van der Waals surface area contributed by atoms with Crippen molar-refractivity contribution in [2.75, 3.05) is 20.6 Å². The molecule has 3 aromatic rings. The monoisotopic (exact) mass is 399 g/mol. The minimum absolute atomic E-state index is 0.138. The third-order valence-corrected chi connectivity index (χ3v) is 4.60. The Morgan fingerprint density at radius 2 is 1.90 bits per heavy atom. The van der Waals surface area contributed by atoms with E-state index >= 15 is 0 Å². The first-order valence-corrected chi connectivity index (χ1v) is 9.31. The molecular weight excluding hydrogens is 376 g/mol. The van der Waals surface area contributed by atoms with Crippen LogP contribution < -0.4 is 5.32 Å². The van der Waals surface area contributed by atoms with Crippen LogP contribution in [0.15, 0.2) is 59.1 Å². The van der Waals surface area contributed by atoms with E-state index in [-0.39, 0.29) is 30.0 Å². The van der Waals surface area contributed by atoms with Gasteiger partial charge in [-0.05, 0) is 56.1 Å². The van der Waals surface area contributed by atoms with Crippen molar-refractivity contribution in [1.82, 2.24) is 15.2 Å². The van der Waals surface area contributed by atoms with Crippen LogP contribution in [0.5, 0.6) is 0 Å². The van der Waals surface area contributed by atoms with Crippen LogP contribution in [0.1, 0.15) is 23.9 Å². The second-order valence-electron chi connectivity index (χ2n) is 6.96. The molecule has 0 radical (unpaired) electrons. The van der Waals surface area contributed by atoms with Gasteiger partial charge in [-0.25, -0.2) is 13.8 Å². The van der Waals surface area contributed by atoms with Crippen LogP contribution in [0.4, 0.5) is 8.78 Å². The van der Waals surface area contributed by atoms with Crippen molar-refractivity contribution in [2.24, 2.45) is 0 Å². The summed E-state index contributed by atoms with van der Waals surface area (Å²) < 4.78 is 32.2. The van der Waals surface area contributed by atoms with E-state index in [2.05, 4.69) is 10.3 Å². The predicted molar refractivity (Wildman–Crippen MR) is 106 cm³/mol. The number of likely N-dealkylation sites (N-methyl/N-ethyl adjacent to an activating group) is 1. The van der Waals surface area contributed by atoms with Crippen LogP contribution in [-0.4, -0.2) is 36.4 Å². The number of amides is 1. The highest BCUT2D eigenvalue weighted by Crippen LogP contribution is 2.21. The van der Waals surface area contributed by atoms with Crippen LogP contribution in [0.2, 0.25) is 0 Å². The third kappa shape index (κ3) is 5.71. The van der Waals surface area contributed by atoms with Crippen molar-refractivity contribution in [3.8, 4) is 11.3 Å². The summed E-state index contributed by atoms with van der Waals surface area (Å²) >= 11 is 0. The summed E-state index contributed by atoms with van der Waals surface area (Å²) in [5, 5.41) is 2.88. The second kappa shape index (κ2) is 9.43. The average molecular weight is 399 g/mol. The molecule has 3 rings (SSSR count). The van der Waals surface area contributed by atoms with Crippen LogP contribution >= 0.6 is 0 Å². The lowest BCUT2D eigenvalue weighted by Gasteiger charge is -2.25. The lowest BCUT2D eigenvalue weighted by Crippen LogP contribution is -2.34. The number of nitrogens with zero attached hydrogens (tertiary/aromatic N) is 2. The smallest absolute Gasteiger partial charge is 0.220 e. The fraction of sp³-hybridized carbons (Fsp3) is 0.273. The van der Waals surface area contributed by atoms with Crippen molar-refractivity contribution in [2.45, 2.75) is 18.9 Å². The van der Waals surface area contributed by atoms with Crippen LogP contribution in [0.25, 0.3) is 11.3 Å². The minimum Gasteiger partial charge on any atom is -0.441 e. The molecule has 0 aliphatic carbocycles. The first kappa shape index (κ1) is 20.7. The topological polar surface area (TPSA) is 58.4 Å². The number of halogens is 2. The number of rotatable bonds is 8. The van der Waals surface area contributed by atoms with E-state index in [0.29, 0.717) is 24.6 Å². The molecule has 1 heterocycles. The Labute approximate surface area is 168 Å². The molecule has 1 unspecified atom stereocenters. The molecule has 0 aliphatic heterocycles. The van der Waals surface area contributed by atoms with E-state index in [1.165, 1.54) is 24.3 Å². The minimum atomic E-state index is -0.320. The largest absolute Gasteiger partial charge is 0.441 e. The molecule has 1 N–H and O–H groups in total. The zero-order chi connectivity index (χ0) is 20.8. The molecule has 1 atom stereocenters. The van der Waals surface area contributed by atoms with Crippen LogP contribution in [0.3, 0.4) is 0 Å². The van der Waals surface area contributed by atoms with E-state index in [1.54, 1.807) is 24.4 Å². The number of aryl methyl sites for hydroxylation is 1. The van der Waals surface area contributed by atoms with E-state index in [4.69, 9.17) is 4.42 Å². The second-order valence-corrected chi connectivity index (χ2v) is 6.96. The lowest BCUT2D eigenvalue weighted by atomic mass is 10.1. The summed E-state index contributed by atoms with van der Waals surface area (Å²) in [6.07, 6.45) is 2.12. The Balaban J connectivity index is 1.52. The molecule has 1 amide bonds. The summed E-state index contributed by atoms with van der Waals surface area (Å²) in [6, 6.07) is 12.1. The van der Waals surface area contributed by atoms with Crippen molar-refractivity contribution >= 4 is 5.91 Å². The maximum absolute atomic E-state index is 13.5. The average Bonchev–Trinajstić information content (AvgIpc) is 3.16. The molecule has 29 heavy (non-hydrogen) atoms. The van der Waals surface area contributed by atoms with Gasteiger partial charge in [-0.2, -0.15) is 0 Å². The fourth-order valence-corrected chi connectivity index (χ4v) is 3.01. The van der Waals surface area contributed by atoms with E-state index in [1.807, 2.05) is 25.1 Å². The summed E-state index contributed by atoms with van der Waals surface area (Å²) in [6.45, 7) is 0.363. The Kier molecular flexibility index (Phi) is 6.72. The number of aromatic nitrogens is 1. The van der Waals surface area contributed by atoms with E-state index in [9.17, 15) is 13.6 Å². The zero-order valence-electron chi connectivity index (χ0n) is 16.4. The number of carbonyl (C=O) groups excluding carboxylic acids is 1. The predicted octanol–water partition coefficient (Wildman–Crippen LogP) is 3.97. The van der Waals surface area contributed by atoms with Gasteiger partial charge < -0.3 is 14.6 Å². The third-order valence-electron chi connectivity index (χ3n) is 4.60. The summed E-state index contributed by atoms with van der Waals surface area (Å²) in [4.78, 5) is 18.3. The molecule has 0 fully saturated rings. The van der Waals surface area contributed by atoms with Gasteiger partial charge in [-0.1, -0.05) is 12.1 Å². The standard InChI is InChI=1S/C22H23F2N3O2/c1-27(2)19(16-4-3-5-18(24)12-16)13-25-21(28)10-11-22-26-14-20(29-22)15-6-8-17(23)9-7-15/h3-9,12,14,19H,10-11,13H2,1-2H3,(H,25,28). The van der Waals surface area contributed by atoms with Gasteiger partial charge in [0.25, 0.3) is 0 Å². The van der Waals surface area contributed by atoms with Gasteiger partial charge in [0.05, 0.1) is 12.2 Å². The molecule has 2 aromatic carbocycles. The van der Waals surface area contributed by atoms with Crippen molar-refractivity contribution in [1.29, 1.82) is 0 Å². The van der Waals surface area contributed by atoms with Crippen LogP contribution in [-0.2, 0) is 11.2 Å². The molecule has 0 saturated heterocycles. The number of carbonyl (C=O) groups is 1. The normalized spacial score (nSPS) is 12.2. The van der Waals surface area contributed by atoms with E-state index in [0.717, 1.165) is 11.1 Å². The molecule has 0 bridgehead atoms. The van der Waals surface area contributed by atoms with Gasteiger partial charge in [0.15, 0.2) is 11.7 Å². The zero-order valence-corrected chi connectivity index (χ0v) is 16.4. The van der Waals surface area contributed by atoms with Gasteiger partial charge in [0.2, 0.25) is 5.91 Å². The summed E-state index contributed by atoms with van der Waals surface area (Å²) in [7, 11) is 3.76. The maximum Gasteiger partial charge on any atom is 0.220 e. The Hall–Kier alpha value is -3.06. The first-order valence-electron chi connectivity index (χ1n) is 9.31. The molecular formula is C22H23F2N3O2. The number of benzene rings is 2. The summed E-state index contributed by atoms with van der Waals surface area (Å²) in [5.41, 5.74) is 1.52. The van der Waals surface area contributed by atoms with Crippen molar-refractivity contribution in [3.05, 3.63) is 77.8 Å².